The molecular weight excluding hydrogens is 340 g/mol. The summed E-state index contributed by atoms with van der Waals surface area (Å²) in [6.07, 6.45) is 0. The van der Waals surface area contributed by atoms with Crippen LogP contribution in [0.15, 0.2) is 23.6 Å². The third-order valence-electron chi connectivity index (χ3n) is 3.98. The van der Waals surface area contributed by atoms with Gasteiger partial charge in [0.05, 0.1) is 29.9 Å². The fourth-order valence-electron chi connectivity index (χ4n) is 3.00. The standard InChI is InChI=1S/C17H18N4OS2/c1-10-8-11(2)19-17-13(10)14-15(24-17)16(20-21(14)5-6-22)18-9-12-4-3-7-23-12/h3-4,7-8,22H,5-6,9H2,1-2H3,(H,18,20). The predicted molar refractivity (Wildman–Crippen MR) is 101 cm³/mol. The largest absolute Gasteiger partial charge is 0.394 e. The number of hydrogen-bond acceptors (Lipinski definition) is 6. The fourth-order valence-corrected chi connectivity index (χ4v) is 4.90. The lowest BCUT2D eigenvalue weighted by atomic mass is 10.1. The van der Waals surface area contributed by atoms with Crippen molar-refractivity contribution in [2.45, 2.75) is 26.9 Å². The summed E-state index contributed by atoms with van der Waals surface area (Å²) in [6.45, 7) is 5.43. The van der Waals surface area contributed by atoms with Crippen molar-refractivity contribution in [3.05, 3.63) is 39.7 Å². The van der Waals surface area contributed by atoms with E-state index in [1.807, 2.05) is 11.6 Å². The molecule has 0 saturated carbocycles. The average molecular weight is 358 g/mol. The quantitative estimate of drug-likeness (QED) is 0.567. The molecule has 0 bridgehead atoms. The number of pyridine rings is 1. The zero-order valence-electron chi connectivity index (χ0n) is 13.5. The molecule has 0 aliphatic rings. The van der Waals surface area contributed by atoms with Gasteiger partial charge < -0.3 is 10.4 Å². The van der Waals surface area contributed by atoms with Crippen LogP contribution in [0.5, 0.6) is 0 Å². The highest BCUT2D eigenvalue weighted by atomic mass is 32.1. The zero-order valence-corrected chi connectivity index (χ0v) is 15.2. The van der Waals surface area contributed by atoms with E-state index in [0.29, 0.717) is 6.54 Å². The van der Waals surface area contributed by atoms with Gasteiger partial charge in [-0.15, -0.1) is 22.7 Å². The normalized spacial score (nSPS) is 11.6. The third-order valence-corrected chi connectivity index (χ3v) is 5.93. The fraction of sp³-hybridized carbons (Fsp3) is 0.294. The molecule has 0 radical (unpaired) electrons. The zero-order chi connectivity index (χ0) is 16.7. The van der Waals surface area contributed by atoms with Crippen LogP contribution < -0.4 is 5.32 Å². The first kappa shape index (κ1) is 15.6. The van der Waals surface area contributed by atoms with E-state index in [1.165, 1.54) is 10.4 Å². The van der Waals surface area contributed by atoms with Crippen molar-refractivity contribution in [2.24, 2.45) is 0 Å². The topological polar surface area (TPSA) is 63.0 Å². The molecule has 0 atom stereocenters. The van der Waals surface area contributed by atoms with Crippen molar-refractivity contribution in [3.8, 4) is 0 Å². The number of rotatable bonds is 5. The number of aromatic nitrogens is 3. The summed E-state index contributed by atoms with van der Waals surface area (Å²) in [5.41, 5.74) is 3.30. The highest BCUT2D eigenvalue weighted by Crippen LogP contribution is 2.39. The van der Waals surface area contributed by atoms with Gasteiger partial charge in [0, 0.05) is 16.0 Å². The van der Waals surface area contributed by atoms with Crippen LogP contribution in [0.2, 0.25) is 0 Å². The Kier molecular flexibility index (Phi) is 3.99. The van der Waals surface area contributed by atoms with Crippen molar-refractivity contribution in [3.63, 3.8) is 0 Å². The Morgan fingerprint density at radius 3 is 2.96 bits per heavy atom. The molecule has 0 aliphatic carbocycles. The summed E-state index contributed by atoms with van der Waals surface area (Å²) >= 11 is 3.39. The Bertz CT molecular complexity index is 1000. The van der Waals surface area contributed by atoms with Crippen LogP contribution in [0.1, 0.15) is 16.1 Å². The summed E-state index contributed by atoms with van der Waals surface area (Å²) in [7, 11) is 0. The Hall–Kier alpha value is -1.96. The van der Waals surface area contributed by atoms with Gasteiger partial charge in [0.25, 0.3) is 0 Å². The van der Waals surface area contributed by atoms with Gasteiger partial charge in [0.2, 0.25) is 0 Å². The lowest BCUT2D eigenvalue weighted by Crippen LogP contribution is -2.05. The van der Waals surface area contributed by atoms with Gasteiger partial charge in [-0.1, -0.05) is 6.07 Å². The van der Waals surface area contributed by atoms with Crippen molar-refractivity contribution < 1.29 is 5.11 Å². The van der Waals surface area contributed by atoms with Gasteiger partial charge in [-0.3, -0.25) is 4.68 Å². The molecule has 0 fully saturated rings. The van der Waals surface area contributed by atoms with E-state index in [4.69, 9.17) is 0 Å². The van der Waals surface area contributed by atoms with Gasteiger partial charge >= 0.3 is 0 Å². The first-order chi connectivity index (χ1) is 11.7. The second-order valence-corrected chi connectivity index (χ2v) is 7.80. The Labute approximate surface area is 147 Å². The minimum Gasteiger partial charge on any atom is -0.394 e. The Morgan fingerprint density at radius 2 is 2.21 bits per heavy atom. The Morgan fingerprint density at radius 1 is 1.33 bits per heavy atom. The number of fused-ring (bicyclic) bond motifs is 3. The molecule has 4 heterocycles. The van der Waals surface area contributed by atoms with Crippen molar-refractivity contribution in [2.75, 3.05) is 11.9 Å². The molecule has 4 aromatic rings. The van der Waals surface area contributed by atoms with Crippen molar-refractivity contribution in [1.29, 1.82) is 0 Å². The minimum absolute atomic E-state index is 0.0663. The maximum absolute atomic E-state index is 9.40. The molecule has 124 valence electrons. The molecule has 4 rings (SSSR count). The third kappa shape index (κ3) is 2.58. The number of aryl methyl sites for hydroxylation is 2. The van der Waals surface area contributed by atoms with Gasteiger partial charge in [0.15, 0.2) is 5.82 Å². The first-order valence-electron chi connectivity index (χ1n) is 7.81. The molecule has 7 heteroatoms. The molecule has 2 N–H and O–H groups in total. The predicted octanol–water partition coefficient (Wildman–Crippen LogP) is 3.93. The number of aliphatic hydroxyl groups excluding tert-OH is 1. The molecule has 5 nitrogen and oxygen atoms in total. The highest BCUT2D eigenvalue weighted by molar-refractivity contribution is 7.26. The number of nitrogens with zero attached hydrogens (tertiary/aromatic N) is 3. The van der Waals surface area contributed by atoms with Crippen LogP contribution >= 0.6 is 22.7 Å². The Balaban J connectivity index is 1.86. The number of nitrogens with one attached hydrogen (secondary N) is 1. The molecule has 0 saturated heterocycles. The second kappa shape index (κ2) is 6.16. The van der Waals surface area contributed by atoms with E-state index in [1.54, 1.807) is 22.7 Å². The number of aliphatic hydroxyl groups is 1. The minimum atomic E-state index is 0.0663. The van der Waals surface area contributed by atoms with Crippen LogP contribution in [0.3, 0.4) is 0 Å². The maximum atomic E-state index is 9.40. The molecular formula is C17H18N4OS2. The molecule has 0 spiro atoms. The average Bonchev–Trinajstić information content (AvgIpc) is 3.22. The first-order valence-corrected chi connectivity index (χ1v) is 9.51. The van der Waals surface area contributed by atoms with Crippen LogP contribution in [0.4, 0.5) is 5.82 Å². The molecule has 0 unspecified atom stereocenters. The van der Waals surface area contributed by atoms with E-state index in [-0.39, 0.29) is 6.61 Å². The van der Waals surface area contributed by atoms with Crippen LogP contribution in [0, 0.1) is 13.8 Å². The molecule has 0 aromatic carbocycles. The van der Waals surface area contributed by atoms with Crippen LogP contribution in [-0.4, -0.2) is 26.5 Å². The van der Waals surface area contributed by atoms with E-state index in [9.17, 15) is 5.11 Å². The monoisotopic (exact) mass is 358 g/mol. The van der Waals surface area contributed by atoms with Gasteiger partial charge in [0.1, 0.15) is 4.83 Å². The summed E-state index contributed by atoms with van der Waals surface area (Å²) in [5, 5.41) is 20.7. The lowest BCUT2D eigenvalue weighted by Gasteiger charge is -2.03. The number of hydrogen-bond donors (Lipinski definition) is 2. The smallest absolute Gasteiger partial charge is 0.166 e. The maximum Gasteiger partial charge on any atom is 0.166 e. The molecule has 4 aromatic heterocycles. The van der Waals surface area contributed by atoms with Gasteiger partial charge in [-0.2, -0.15) is 5.10 Å². The summed E-state index contributed by atoms with van der Waals surface area (Å²) in [6, 6.07) is 6.26. The van der Waals surface area contributed by atoms with Crippen LogP contribution in [-0.2, 0) is 13.1 Å². The van der Waals surface area contributed by atoms with Crippen LogP contribution in [0.25, 0.3) is 20.4 Å². The summed E-state index contributed by atoms with van der Waals surface area (Å²) < 4.78 is 3.01. The second-order valence-electron chi connectivity index (χ2n) is 5.77. The number of anilines is 1. The van der Waals surface area contributed by atoms with E-state index in [0.717, 1.165) is 38.5 Å². The highest BCUT2D eigenvalue weighted by Gasteiger charge is 2.19. The summed E-state index contributed by atoms with van der Waals surface area (Å²) in [4.78, 5) is 6.99. The van der Waals surface area contributed by atoms with Crippen molar-refractivity contribution >= 4 is 48.9 Å². The molecule has 24 heavy (non-hydrogen) atoms. The SMILES string of the molecule is Cc1cc(C)c2c(n1)sc1c(NCc3cccs3)nn(CCO)c12. The van der Waals surface area contributed by atoms with Crippen molar-refractivity contribution in [1.82, 2.24) is 14.8 Å². The lowest BCUT2D eigenvalue weighted by molar-refractivity contribution is 0.272. The van der Waals surface area contributed by atoms with Gasteiger partial charge in [-0.25, -0.2) is 4.98 Å². The van der Waals surface area contributed by atoms with E-state index < -0.39 is 0 Å². The van der Waals surface area contributed by atoms with E-state index in [2.05, 4.69) is 45.9 Å². The summed E-state index contributed by atoms with van der Waals surface area (Å²) in [5.74, 6) is 0.868. The van der Waals surface area contributed by atoms with Gasteiger partial charge in [-0.05, 0) is 36.9 Å². The van der Waals surface area contributed by atoms with E-state index >= 15 is 0 Å². The molecule has 0 amide bonds. The number of thiophene rings is 2. The molecule has 0 aliphatic heterocycles.